The van der Waals surface area contributed by atoms with E-state index < -0.39 is 6.10 Å². The van der Waals surface area contributed by atoms with Crippen LogP contribution in [0.25, 0.3) is 9.75 Å². The lowest BCUT2D eigenvalue weighted by Gasteiger charge is -2.12. The maximum Gasteiger partial charge on any atom is 0.252 e. The number of aliphatic hydroxyl groups is 1. The van der Waals surface area contributed by atoms with Crippen molar-refractivity contribution in [2.24, 2.45) is 0 Å². The molecule has 1 aromatic carbocycles. The van der Waals surface area contributed by atoms with Crippen molar-refractivity contribution in [1.29, 1.82) is 0 Å². The molecular weight excluding hydrogens is 422 g/mol. The molecule has 7 heteroatoms. The number of benzene rings is 1. The molecule has 0 saturated carbocycles. The number of carbonyl (C=O) groups is 1. The topological polar surface area (TPSA) is 58.6 Å². The van der Waals surface area contributed by atoms with Gasteiger partial charge in [0.1, 0.15) is 11.9 Å². The van der Waals surface area contributed by atoms with E-state index in [0.717, 1.165) is 9.75 Å². The first-order valence-corrected chi connectivity index (χ1v) is 10.0. The first kappa shape index (κ1) is 18.1. The standard InChI is InChI=1S/C18H16BrNO3S2/c1-23-11-4-5-13(19)12(9-11)18(22)20-10-14(21)15-6-7-17(25-15)16-3-2-8-24-16/h2-9,14,21H,10H2,1H3,(H,20,22)/t14-/m0/s1. The van der Waals surface area contributed by atoms with Gasteiger partial charge in [-0.3, -0.25) is 4.79 Å². The van der Waals surface area contributed by atoms with Gasteiger partial charge in [0.05, 0.1) is 12.7 Å². The third-order valence-electron chi connectivity index (χ3n) is 3.59. The Kier molecular flexibility index (Phi) is 5.90. The van der Waals surface area contributed by atoms with Crippen molar-refractivity contribution in [2.75, 3.05) is 13.7 Å². The fourth-order valence-electron chi connectivity index (χ4n) is 2.27. The summed E-state index contributed by atoms with van der Waals surface area (Å²) in [5.74, 6) is 0.340. The average molecular weight is 438 g/mol. The van der Waals surface area contributed by atoms with Gasteiger partial charge in [0.15, 0.2) is 0 Å². The Labute approximate surface area is 162 Å². The van der Waals surface area contributed by atoms with Crippen molar-refractivity contribution in [1.82, 2.24) is 5.32 Å². The molecule has 3 rings (SSSR count). The minimum Gasteiger partial charge on any atom is -0.497 e. The van der Waals surface area contributed by atoms with Crippen molar-refractivity contribution in [3.05, 3.63) is 62.8 Å². The summed E-state index contributed by atoms with van der Waals surface area (Å²) in [5, 5.41) is 15.2. The van der Waals surface area contributed by atoms with Crippen LogP contribution in [0.3, 0.4) is 0 Å². The van der Waals surface area contributed by atoms with Gasteiger partial charge >= 0.3 is 0 Å². The third-order valence-corrected chi connectivity index (χ3v) is 6.54. The Hall–Kier alpha value is -1.67. The maximum absolute atomic E-state index is 12.4. The van der Waals surface area contributed by atoms with E-state index in [1.807, 2.05) is 23.6 Å². The molecule has 0 aliphatic rings. The van der Waals surface area contributed by atoms with E-state index in [1.54, 1.807) is 36.6 Å². The van der Waals surface area contributed by atoms with Crippen LogP contribution in [0.5, 0.6) is 5.75 Å². The van der Waals surface area contributed by atoms with Crippen LogP contribution in [0.4, 0.5) is 0 Å². The van der Waals surface area contributed by atoms with Crippen molar-refractivity contribution < 1.29 is 14.6 Å². The van der Waals surface area contributed by atoms with Gasteiger partial charge in [0, 0.05) is 25.6 Å². The number of nitrogens with one attached hydrogen (secondary N) is 1. The summed E-state index contributed by atoms with van der Waals surface area (Å²) >= 11 is 6.56. The lowest BCUT2D eigenvalue weighted by atomic mass is 10.2. The molecule has 130 valence electrons. The summed E-state index contributed by atoms with van der Waals surface area (Å²) in [5.41, 5.74) is 0.469. The highest BCUT2D eigenvalue weighted by atomic mass is 79.9. The molecule has 0 bridgehead atoms. The zero-order chi connectivity index (χ0) is 17.8. The number of ether oxygens (including phenoxy) is 1. The highest BCUT2D eigenvalue weighted by molar-refractivity contribution is 9.10. The number of hydrogen-bond donors (Lipinski definition) is 2. The van der Waals surface area contributed by atoms with Gasteiger partial charge in [-0.1, -0.05) is 6.07 Å². The molecule has 2 heterocycles. The molecule has 0 aliphatic heterocycles. The van der Waals surface area contributed by atoms with E-state index in [0.29, 0.717) is 15.8 Å². The van der Waals surface area contributed by atoms with E-state index in [-0.39, 0.29) is 12.5 Å². The number of aliphatic hydroxyl groups excluding tert-OH is 1. The Bertz CT molecular complexity index is 861. The smallest absolute Gasteiger partial charge is 0.252 e. The first-order valence-electron chi connectivity index (χ1n) is 7.52. The minimum atomic E-state index is -0.743. The molecule has 0 spiro atoms. The van der Waals surface area contributed by atoms with Gasteiger partial charge in [-0.25, -0.2) is 0 Å². The molecule has 2 N–H and O–H groups in total. The highest BCUT2D eigenvalue weighted by Crippen LogP contribution is 2.34. The molecule has 0 unspecified atom stereocenters. The summed E-state index contributed by atoms with van der Waals surface area (Å²) < 4.78 is 5.82. The molecule has 2 aromatic heterocycles. The van der Waals surface area contributed by atoms with Crippen LogP contribution in [0.2, 0.25) is 0 Å². The monoisotopic (exact) mass is 437 g/mol. The van der Waals surface area contributed by atoms with E-state index in [2.05, 4.69) is 27.3 Å². The van der Waals surface area contributed by atoms with E-state index >= 15 is 0 Å². The summed E-state index contributed by atoms with van der Waals surface area (Å²) in [4.78, 5) is 15.5. The molecule has 0 saturated heterocycles. The molecule has 1 atom stereocenters. The largest absolute Gasteiger partial charge is 0.497 e. The van der Waals surface area contributed by atoms with Crippen LogP contribution >= 0.6 is 38.6 Å². The van der Waals surface area contributed by atoms with Gasteiger partial charge in [-0.05, 0) is 57.7 Å². The number of methoxy groups -OCH3 is 1. The molecule has 0 aliphatic carbocycles. The number of amides is 1. The van der Waals surface area contributed by atoms with Gasteiger partial charge < -0.3 is 15.2 Å². The molecule has 0 radical (unpaired) electrons. The summed E-state index contributed by atoms with van der Waals surface area (Å²) in [6.07, 6.45) is -0.743. The van der Waals surface area contributed by atoms with Crippen LogP contribution < -0.4 is 10.1 Å². The van der Waals surface area contributed by atoms with Crippen molar-refractivity contribution >= 4 is 44.5 Å². The van der Waals surface area contributed by atoms with Crippen LogP contribution in [-0.2, 0) is 0 Å². The van der Waals surface area contributed by atoms with E-state index in [1.165, 1.54) is 16.2 Å². The third kappa shape index (κ3) is 4.30. The summed E-state index contributed by atoms with van der Waals surface area (Å²) in [6, 6.07) is 13.1. The second-order valence-electron chi connectivity index (χ2n) is 5.25. The first-order chi connectivity index (χ1) is 12.1. The van der Waals surface area contributed by atoms with Gasteiger partial charge in [-0.15, -0.1) is 22.7 Å². The van der Waals surface area contributed by atoms with Crippen LogP contribution in [0.15, 0.2) is 52.3 Å². The molecule has 3 aromatic rings. The second kappa shape index (κ2) is 8.14. The SMILES string of the molecule is COc1ccc(Br)c(C(=O)NC[C@H](O)c2ccc(-c3cccs3)s2)c1. The normalized spacial score (nSPS) is 12.0. The van der Waals surface area contributed by atoms with Crippen molar-refractivity contribution in [2.45, 2.75) is 6.10 Å². The summed E-state index contributed by atoms with van der Waals surface area (Å²) in [6.45, 7) is 0.146. The Morgan fingerprint density at radius 2 is 2.12 bits per heavy atom. The molecule has 0 fully saturated rings. The fourth-order valence-corrected chi connectivity index (χ4v) is 4.53. The fraction of sp³-hybridized carbons (Fsp3) is 0.167. The quantitative estimate of drug-likeness (QED) is 0.586. The van der Waals surface area contributed by atoms with Crippen LogP contribution in [-0.4, -0.2) is 24.7 Å². The van der Waals surface area contributed by atoms with Crippen molar-refractivity contribution in [3.8, 4) is 15.5 Å². The zero-order valence-electron chi connectivity index (χ0n) is 13.4. The van der Waals surface area contributed by atoms with E-state index in [9.17, 15) is 9.90 Å². The van der Waals surface area contributed by atoms with Crippen LogP contribution in [0, 0.1) is 0 Å². The van der Waals surface area contributed by atoms with Crippen molar-refractivity contribution in [3.63, 3.8) is 0 Å². The number of rotatable bonds is 6. The number of thiophene rings is 2. The van der Waals surface area contributed by atoms with Gasteiger partial charge in [-0.2, -0.15) is 0 Å². The predicted octanol–water partition coefficient (Wildman–Crippen LogP) is 4.71. The Morgan fingerprint density at radius 3 is 2.84 bits per heavy atom. The molecule has 4 nitrogen and oxygen atoms in total. The average Bonchev–Trinajstić information content (AvgIpc) is 3.30. The number of carbonyl (C=O) groups excluding carboxylic acids is 1. The van der Waals surface area contributed by atoms with Crippen LogP contribution in [0.1, 0.15) is 21.3 Å². The predicted molar refractivity (Wildman–Crippen MR) is 106 cm³/mol. The zero-order valence-corrected chi connectivity index (χ0v) is 16.6. The summed E-state index contributed by atoms with van der Waals surface area (Å²) in [7, 11) is 1.55. The molecule has 1 amide bonds. The Balaban J connectivity index is 1.64. The second-order valence-corrected chi connectivity index (χ2v) is 8.17. The van der Waals surface area contributed by atoms with Gasteiger partial charge in [0.2, 0.25) is 0 Å². The minimum absolute atomic E-state index is 0.146. The molecular formula is C18H16BrNO3S2. The Morgan fingerprint density at radius 1 is 1.28 bits per heavy atom. The maximum atomic E-state index is 12.4. The number of halogens is 1. The van der Waals surface area contributed by atoms with E-state index in [4.69, 9.17) is 4.74 Å². The molecule has 25 heavy (non-hydrogen) atoms. The van der Waals surface area contributed by atoms with Gasteiger partial charge in [0.25, 0.3) is 5.91 Å². The highest BCUT2D eigenvalue weighted by Gasteiger charge is 2.16. The lowest BCUT2D eigenvalue weighted by Crippen LogP contribution is -2.28. The lowest BCUT2D eigenvalue weighted by molar-refractivity contribution is 0.0917. The number of hydrogen-bond acceptors (Lipinski definition) is 5.